The Kier molecular flexibility index (Phi) is 5.82. The fourth-order valence-electron chi connectivity index (χ4n) is 1.62. The predicted molar refractivity (Wildman–Crippen MR) is 90.7 cm³/mol. The molecule has 0 saturated heterocycles. The minimum absolute atomic E-state index is 0.400. The highest BCUT2D eigenvalue weighted by molar-refractivity contribution is 14.1. The summed E-state index contributed by atoms with van der Waals surface area (Å²) in [6, 6.07) is 5.86. The summed E-state index contributed by atoms with van der Waals surface area (Å²) < 4.78 is 6.22. The Balaban J connectivity index is 3.10. The number of hydrogen-bond donors (Lipinski definition) is 0. The molecule has 0 spiro atoms. The van der Waals surface area contributed by atoms with Gasteiger partial charge in [0.2, 0.25) is 0 Å². The Morgan fingerprint density at radius 2 is 2.30 bits per heavy atom. The molecule has 0 aromatic heterocycles. The molecule has 2 nitrogen and oxygen atoms in total. The highest BCUT2D eigenvalue weighted by atomic mass is 127. The van der Waals surface area contributed by atoms with Crippen molar-refractivity contribution in [3.8, 4) is 12.3 Å². The zero-order valence-electron chi connectivity index (χ0n) is 12.1. The fraction of sp³-hybridized carbons (Fsp3) is 0.353. The van der Waals surface area contributed by atoms with E-state index >= 15 is 0 Å². The van der Waals surface area contributed by atoms with E-state index < -0.39 is 11.6 Å². The van der Waals surface area contributed by atoms with Crippen LogP contribution in [0.1, 0.15) is 49.0 Å². The first-order valence-electron chi connectivity index (χ1n) is 6.51. The lowest BCUT2D eigenvalue weighted by atomic mass is 9.97. The van der Waals surface area contributed by atoms with Gasteiger partial charge >= 0.3 is 5.97 Å². The number of hydrogen-bond acceptors (Lipinski definition) is 2. The van der Waals surface area contributed by atoms with Crippen molar-refractivity contribution < 1.29 is 9.53 Å². The molecule has 0 aliphatic carbocycles. The summed E-state index contributed by atoms with van der Waals surface area (Å²) in [5, 5.41) is 0. The van der Waals surface area contributed by atoms with Crippen LogP contribution in [0.15, 0.2) is 30.9 Å². The number of ether oxygens (including phenoxy) is 1. The lowest BCUT2D eigenvalue weighted by molar-refractivity contribution is 0.0282. The molecular formula is C17H19IO2. The molecular weight excluding hydrogens is 363 g/mol. The molecule has 3 heteroatoms. The van der Waals surface area contributed by atoms with Gasteiger partial charge in [0, 0.05) is 3.57 Å². The first-order chi connectivity index (χ1) is 9.36. The van der Waals surface area contributed by atoms with Crippen LogP contribution in [0.2, 0.25) is 0 Å². The summed E-state index contributed by atoms with van der Waals surface area (Å²) in [4.78, 5) is 12.3. The van der Waals surface area contributed by atoms with Crippen LogP contribution in [0.5, 0.6) is 0 Å². The van der Waals surface area contributed by atoms with Gasteiger partial charge in [-0.15, -0.1) is 6.42 Å². The van der Waals surface area contributed by atoms with Crippen molar-refractivity contribution in [2.75, 3.05) is 0 Å². The van der Waals surface area contributed by atoms with Gasteiger partial charge in [-0.2, -0.15) is 0 Å². The zero-order valence-corrected chi connectivity index (χ0v) is 14.2. The van der Waals surface area contributed by atoms with Crippen LogP contribution in [0.4, 0.5) is 0 Å². The average molecular weight is 382 g/mol. The fourth-order valence-corrected chi connectivity index (χ4v) is 2.17. The van der Waals surface area contributed by atoms with Gasteiger partial charge in [-0.1, -0.05) is 32.4 Å². The van der Waals surface area contributed by atoms with Crippen LogP contribution in [0.25, 0.3) is 0 Å². The second kappa shape index (κ2) is 6.94. The maximum atomic E-state index is 12.3. The monoisotopic (exact) mass is 382 g/mol. The van der Waals surface area contributed by atoms with Gasteiger partial charge in [-0.25, -0.2) is 4.79 Å². The van der Waals surface area contributed by atoms with E-state index in [0.29, 0.717) is 11.5 Å². The standard InChI is InChI=1S/C17H19IO2/c1-6-12(4)13-9-10-15(18)14(11-13)16(19)20-17(5,7-2)8-3/h2,8-12H,3,6H2,1,4-5H3. The van der Waals surface area contributed by atoms with Gasteiger partial charge in [0.25, 0.3) is 0 Å². The van der Waals surface area contributed by atoms with Crippen molar-refractivity contribution in [1.82, 2.24) is 0 Å². The second-order valence-electron chi connectivity index (χ2n) is 4.89. The number of halogens is 1. The van der Waals surface area contributed by atoms with Crippen LogP contribution in [0, 0.1) is 15.9 Å². The van der Waals surface area contributed by atoms with E-state index in [0.717, 1.165) is 15.6 Å². The molecule has 0 bridgehead atoms. The van der Waals surface area contributed by atoms with Gasteiger partial charge in [-0.3, -0.25) is 0 Å². The van der Waals surface area contributed by atoms with Crippen molar-refractivity contribution in [1.29, 1.82) is 0 Å². The molecule has 2 atom stereocenters. The van der Waals surface area contributed by atoms with Gasteiger partial charge < -0.3 is 4.74 Å². The summed E-state index contributed by atoms with van der Waals surface area (Å²) >= 11 is 2.13. The molecule has 20 heavy (non-hydrogen) atoms. The zero-order chi connectivity index (χ0) is 15.3. The minimum atomic E-state index is -1.08. The lowest BCUT2D eigenvalue weighted by Gasteiger charge is -2.20. The van der Waals surface area contributed by atoms with Crippen LogP contribution in [0.3, 0.4) is 0 Å². The Morgan fingerprint density at radius 3 is 2.80 bits per heavy atom. The number of carbonyl (C=O) groups is 1. The number of esters is 1. The number of terminal acetylenes is 1. The molecule has 1 rings (SSSR count). The third-order valence-corrected chi connectivity index (χ3v) is 4.31. The van der Waals surface area contributed by atoms with Crippen molar-refractivity contribution in [2.45, 2.75) is 38.7 Å². The quantitative estimate of drug-likeness (QED) is 0.324. The highest BCUT2D eigenvalue weighted by Gasteiger charge is 2.24. The number of carbonyl (C=O) groups excluding carboxylic acids is 1. The van der Waals surface area contributed by atoms with Gasteiger partial charge in [0.05, 0.1) is 5.56 Å². The molecule has 2 unspecified atom stereocenters. The van der Waals surface area contributed by atoms with Crippen LogP contribution in [-0.4, -0.2) is 11.6 Å². The number of benzene rings is 1. The van der Waals surface area contributed by atoms with E-state index in [2.05, 4.69) is 48.9 Å². The predicted octanol–water partition coefficient (Wildman–Crippen LogP) is 4.54. The summed E-state index contributed by atoms with van der Waals surface area (Å²) in [6.07, 6.45) is 7.85. The first-order valence-corrected chi connectivity index (χ1v) is 7.59. The van der Waals surface area contributed by atoms with Gasteiger partial charge in [-0.05, 0) is 65.6 Å². The van der Waals surface area contributed by atoms with Gasteiger partial charge in [0.15, 0.2) is 5.60 Å². The first kappa shape index (κ1) is 16.8. The summed E-state index contributed by atoms with van der Waals surface area (Å²) in [6.45, 7) is 9.50. The van der Waals surface area contributed by atoms with Crippen molar-refractivity contribution in [3.63, 3.8) is 0 Å². The van der Waals surface area contributed by atoms with Crippen molar-refractivity contribution >= 4 is 28.6 Å². The Labute approximate surface area is 134 Å². The molecule has 0 saturated carbocycles. The summed E-state index contributed by atoms with van der Waals surface area (Å²) in [5.41, 5.74) is 0.597. The highest BCUT2D eigenvalue weighted by Crippen LogP contribution is 2.24. The molecule has 0 radical (unpaired) electrons. The average Bonchev–Trinajstić information content (AvgIpc) is 2.46. The van der Waals surface area contributed by atoms with E-state index in [9.17, 15) is 4.79 Å². The third kappa shape index (κ3) is 3.86. The Hall–Kier alpha value is -1.28. The van der Waals surface area contributed by atoms with E-state index in [1.54, 1.807) is 6.92 Å². The van der Waals surface area contributed by atoms with Crippen LogP contribution in [-0.2, 0) is 4.74 Å². The molecule has 0 aliphatic heterocycles. The minimum Gasteiger partial charge on any atom is -0.439 e. The largest absolute Gasteiger partial charge is 0.439 e. The lowest BCUT2D eigenvalue weighted by Crippen LogP contribution is -2.27. The van der Waals surface area contributed by atoms with E-state index in [1.165, 1.54) is 6.08 Å². The topological polar surface area (TPSA) is 26.3 Å². The van der Waals surface area contributed by atoms with Crippen LogP contribution >= 0.6 is 22.6 Å². The maximum Gasteiger partial charge on any atom is 0.340 e. The van der Waals surface area contributed by atoms with E-state index in [4.69, 9.17) is 11.2 Å². The smallest absolute Gasteiger partial charge is 0.340 e. The number of rotatable bonds is 5. The summed E-state index contributed by atoms with van der Waals surface area (Å²) in [5.74, 6) is 2.42. The molecule has 0 fully saturated rings. The molecule has 1 aromatic rings. The van der Waals surface area contributed by atoms with Gasteiger partial charge in [0.1, 0.15) is 0 Å². The van der Waals surface area contributed by atoms with Crippen molar-refractivity contribution in [3.05, 3.63) is 45.6 Å². The van der Waals surface area contributed by atoms with Crippen LogP contribution < -0.4 is 0 Å². The molecule has 1 aromatic carbocycles. The van der Waals surface area contributed by atoms with Crippen molar-refractivity contribution in [2.24, 2.45) is 0 Å². The molecule has 0 heterocycles. The van der Waals surface area contributed by atoms with E-state index in [1.807, 2.05) is 18.2 Å². The molecule has 0 N–H and O–H groups in total. The van der Waals surface area contributed by atoms with E-state index in [-0.39, 0.29) is 0 Å². The third-order valence-electron chi connectivity index (χ3n) is 3.37. The second-order valence-corrected chi connectivity index (χ2v) is 6.06. The SMILES string of the molecule is C#CC(C)(C=C)OC(=O)c1cc(C(C)CC)ccc1I. The molecule has 106 valence electrons. The molecule has 0 aliphatic rings. The summed E-state index contributed by atoms with van der Waals surface area (Å²) in [7, 11) is 0. The maximum absolute atomic E-state index is 12.3. The Bertz CT molecular complexity index is 557. The Morgan fingerprint density at radius 1 is 1.65 bits per heavy atom. The molecule has 0 amide bonds. The normalized spacial score (nSPS) is 14.8.